The van der Waals surface area contributed by atoms with E-state index in [1.54, 1.807) is 12.1 Å². The number of benzene rings is 1. The summed E-state index contributed by atoms with van der Waals surface area (Å²) in [6, 6.07) is 4.75. The molecule has 0 bridgehead atoms. The van der Waals surface area contributed by atoms with E-state index in [2.05, 4.69) is 9.12 Å². The lowest BCUT2D eigenvalue weighted by molar-refractivity contribution is 0.317. The first kappa shape index (κ1) is 15.6. The van der Waals surface area contributed by atoms with Crippen LogP contribution in [0.5, 0.6) is 5.75 Å². The molecule has 0 unspecified atom stereocenters. The molecule has 8 nitrogen and oxygen atoms in total. The lowest BCUT2D eigenvalue weighted by Crippen LogP contribution is -2.27. The Morgan fingerprint density at radius 2 is 2.10 bits per heavy atom. The van der Waals surface area contributed by atoms with Crippen LogP contribution in [0.2, 0.25) is 0 Å². The van der Waals surface area contributed by atoms with Crippen LogP contribution in [0.25, 0.3) is 0 Å². The summed E-state index contributed by atoms with van der Waals surface area (Å²) in [5.74, 6) is 0.199. The molecule has 0 atom stereocenters. The Kier molecular flexibility index (Phi) is 4.10. The van der Waals surface area contributed by atoms with E-state index in [1.165, 1.54) is 6.07 Å². The number of nitrogens with one attached hydrogen (secondary N) is 1. The van der Waals surface area contributed by atoms with Crippen molar-refractivity contribution in [3.8, 4) is 5.75 Å². The molecule has 21 heavy (non-hydrogen) atoms. The molecule has 0 aliphatic carbocycles. The maximum atomic E-state index is 11.4. The highest BCUT2D eigenvalue weighted by molar-refractivity contribution is 7.91. The minimum atomic E-state index is -3.83. The number of hydrogen-bond acceptors (Lipinski definition) is 6. The van der Waals surface area contributed by atoms with Gasteiger partial charge in [-0.1, -0.05) is 6.07 Å². The van der Waals surface area contributed by atoms with Gasteiger partial charge in [0.15, 0.2) is 5.84 Å². The maximum Gasteiger partial charge on any atom is 0.344 e. The monoisotopic (exact) mass is 333 g/mol. The maximum absolute atomic E-state index is 11.4. The lowest BCUT2D eigenvalue weighted by Gasteiger charge is -2.19. The number of rotatable bonds is 5. The van der Waals surface area contributed by atoms with Crippen LogP contribution in [0.3, 0.4) is 0 Å². The molecule has 0 amide bonds. The molecular formula is C11H15N3O5S2. The average molecular weight is 333 g/mol. The molecule has 0 saturated carbocycles. The van der Waals surface area contributed by atoms with E-state index in [-0.39, 0.29) is 23.9 Å². The van der Waals surface area contributed by atoms with E-state index in [1.807, 2.05) is 0 Å². The largest absolute Gasteiger partial charge is 0.493 e. The molecule has 2 rings (SSSR count). The van der Waals surface area contributed by atoms with E-state index in [0.717, 1.165) is 6.26 Å². The molecule has 10 heteroatoms. The summed E-state index contributed by atoms with van der Waals surface area (Å²) in [6.45, 7) is 0.170. The summed E-state index contributed by atoms with van der Waals surface area (Å²) in [6.07, 6.45) is 1.47. The van der Waals surface area contributed by atoms with Crippen molar-refractivity contribution in [2.75, 3.05) is 23.3 Å². The molecular weight excluding hydrogens is 318 g/mol. The third-order valence-corrected chi connectivity index (χ3v) is 4.60. The molecule has 1 aliphatic rings. The smallest absolute Gasteiger partial charge is 0.344 e. The van der Waals surface area contributed by atoms with Gasteiger partial charge in [-0.25, -0.2) is 8.42 Å². The van der Waals surface area contributed by atoms with Crippen molar-refractivity contribution in [2.24, 2.45) is 10.1 Å². The summed E-state index contributed by atoms with van der Waals surface area (Å²) < 4.78 is 56.0. The van der Waals surface area contributed by atoms with Crippen LogP contribution in [0, 0.1) is 0 Å². The Balaban J connectivity index is 2.17. The van der Waals surface area contributed by atoms with Crippen molar-refractivity contribution in [3.63, 3.8) is 0 Å². The lowest BCUT2D eigenvalue weighted by atomic mass is 10.1. The molecule has 116 valence electrons. The quantitative estimate of drug-likeness (QED) is 0.723. The van der Waals surface area contributed by atoms with Crippen molar-refractivity contribution in [2.45, 2.75) is 6.42 Å². The Hall–Kier alpha value is -1.81. The number of nitrogens with two attached hydrogens (primary N) is 1. The molecule has 0 radical (unpaired) electrons. The molecule has 1 heterocycles. The predicted octanol–water partition coefficient (Wildman–Crippen LogP) is -0.124. The van der Waals surface area contributed by atoms with E-state index in [0.29, 0.717) is 17.7 Å². The van der Waals surface area contributed by atoms with Gasteiger partial charge in [-0.15, -0.1) is 4.40 Å². The standard InChI is InChI=1S/C11H15N3O5S2/c1-20(15,16)7-3-6-19-9-5-2-4-8-10(9)11(12)14-21(17,18)13-8/h2,4-5,13H,3,6-7H2,1H3,(H2,12,14). The van der Waals surface area contributed by atoms with Gasteiger partial charge in [0, 0.05) is 6.26 Å². The van der Waals surface area contributed by atoms with E-state index < -0.39 is 20.0 Å². The Morgan fingerprint density at radius 1 is 1.38 bits per heavy atom. The fourth-order valence-electron chi connectivity index (χ4n) is 1.84. The van der Waals surface area contributed by atoms with Crippen LogP contribution in [0.1, 0.15) is 12.0 Å². The zero-order valence-corrected chi connectivity index (χ0v) is 12.9. The summed E-state index contributed by atoms with van der Waals surface area (Å²) in [7, 11) is -6.87. The van der Waals surface area contributed by atoms with E-state index >= 15 is 0 Å². The van der Waals surface area contributed by atoms with Crippen molar-refractivity contribution >= 4 is 31.6 Å². The highest BCUT2D eigenvalue weighted by atomic mass is 32.2. The molecule has 0 spiro atoms. The second kappa shape index (κ2) is 5.53. The second-order valence-electron chi connectivity index (χ2n) is 4.56. The highest BCUT2D eigenvalue weighted by Crippen LogP contribution is 2.30. The molecule has 0 saturated heterocycles. The van der Waals surface area contributed by atoms with E-state index in [9.17, 15) is 16.8 Å². The Labute approximate surface area is 123 Å². The van der Waals surface area contributed by atoms with Crippen LogP contribution >= 0.6 is 0 Å². The minimum absolute atomic E-state index is 0.0121. The van der Waals surface area contributed by atoms with Gasteiger partial charge in [-0.2, -0.15) is 8.42 Å². The molecule has 0 aromatic heterocycles. The van der Waals surface area contributed by atoms with Crippen molar-refractivity contribution in [1.82, 2.24) is 0 Å². The number of anilines is 1. The molecule has 3 N–H and O–H groups in total. The molecule has 0 fully saturated rings. The average Bonchev–Trinajstić information content (AvgIpc) is 2.31. The zero-order chi connectivity index (χ0) is 15.7. The second-order valence-corrected chi connectivity index (χ2v) is 8.16. The first-order chi connectivity index (χ1) is 9.68. The number of amidine groups is 1. The Bertz CT molecular complexity index is 784. The molecule has 1 aromatic rings. The van der Waals surface area contributed by atoms with Gasteiger partial charge in [0.1, 0.15) is 15.6 Å². The van der Waals surface area contributed by atoms with Crippen LogP contribution in [-0.4, -0.2) is 41.3 Å². The van der Waals surface area contributed by atoms with Gasteiger partial charge in [0.2, 0.25) is 0 Å². The molecule has 1 aliphatic heterocycles. The SMILES string of the molecule is CS(=O)(=O)CCCOc1cccc2c1C(N)=NS(=O)(=O)N2. The predicted molar refractivity (Wildman–Crippen MR) is 79.5 cm³/mol. The van der Waals surface area contributed by atoms with Crippen LogP contribution in [0.15, 0.2) is 22.6 Å². The van der Waals surface area contributed by atoms with E-state index in [4.69, 9.17) is 10.5 Å². The van der Waals surface area contributed by atoms with Crippen LogP contribution < -0.4 is 15.2 Å². The van der Waals surface area contributed by atoms with Crippen LogP contribution in [0.4, 0.5) is 5.69 Å². The number of hydrogen-bond donors (Lipinski definition) is 2. The van der Waals surface area contributed by atoms with Gasteiger partial charge in [-0.05, 0) is 18.6 Å². The first-order valence-corrected chi connectivity index (χ1v) is 9.50. The fourth-order valence-corrected chi connectivity index (χ4v) is 3.33. The van der Waals surface area contributed by atoms with Gasteiger partial charge in [0.05, 0.1) is 23.6 Å². The van der Waals surface area contributed by atoms with Crippen LogP contribution in [-0.2, 0) is 20.0 Å². The van der Waals surface area contributed by atoms with Gasteiger partial charge in [-0.3, -0.25) is 4.72 Å². The van der Waals surface area contributed by atoms with Gasteiger partial charge >= 0.3 is 10.2 Å². The summed E-state index contributed by atoms with van der Waals surface area (Å²) in [5.41, 5.74) is 6.29. The fraction of sp³-hybridized carbons (Fsp3) is 0.364. The van der Waals surface area contributed by atoms with Gasteiger partial charge in [0.25, 0.3) is 0 Å². The number of nitrogens with zero attached hydrogens (tertiary/aromatic N) is 1. The minimum Gasteiger partial charge on any atom is -0.493 e. The summed E-state index contributed by atoms with van der Waals surface area (Å²) in [4.78, 5) is 0. The summed E-state index contributed by atoms with van der Waals surface area (Å²) >= 11 is 0. The third kappa shape index (κ3) is 4.08. The number of sulfone groups is 1. The molecule has 1 aromatic carbocycles. The highest BCUT2D eigenvalue weighted by Gasteiger charge is 2.24. The first-order valence-electron chi connectivity index (χ1n) is 6.00. The third-order valence-electron chi connectivity index (χ3n) is 2.66. The topological polar surface area (TPSA) is 128 Å². The van der Waals surface area contributed by atoms with Crippen molar-refractivity contribution < 1.29 is 21.6 Å². The van der Waals surface area contributed by atoms with Crippen molar-refractivity contribution in [1.29, 1.82) is 0 Å². The number of fused-ring (bicyclic) bond motifs is 1. The van der Waals surface area contributed by atoms with Crippen molar-refractivity contribution in [3.05, 3.63) is 23.8 Å². The normalized spacial score (nSPS) is 16.5. The zero-order valence-electron chi connectivity index (χ0n) is 11.2. The summed E-state index contributed by atoms with van der Waals surface area (Å²) in [5, 5.41) is 0. The Morgan fingerprint density at radius 3 is 2.76 bits per heavy atom. The number of ether oxygens (including phenoxy) is 1. The van der Waals surface area contributed by atoms with Gasteiger partial charge < -0.3 is 10.5 Å².